The van der Waals surface area contributed by atoms with Gasteiger partial charge in [-0.25, -0.2) is 4.79 Å². The standard InChI is InChI=1S/C15H17NO3S/c1-10-13(15(18)19-3)8-12(9-14(10)16)6-4-5-7-20-11(2)17/h8-9H,5,7,16H2,1-3H3. The van der Waals surface area contributed by atoms with E-state index < -0.39 is 5.97 Å². The second kappa shape index (κ2) is 7.61. The molecule has 0 spiro atoms. The monoisotopic (exact) mass is 291 g/mol. The third kappa shape index (κ3) is 4.63. The molecule has 0 bridgehead atoms. The van der Waals surface area contributed by atoms with Crippen molar-refractivity contribution in [1.29, 1.82) is 0 Å². The molecule has 0 fully saturated rings. The van der Waals surface area contributed by atoms with Gasteiger partial charge in [-0.1, -0.05) is 23.6 Å². The lowest BCUT2D eigenvalue weighted by atomic mass is 10.0. The van der Waals surface area contributed by atoms with E-state index in [2.05, 4.69) is 11.8 Å². The zero-order valence-corrected chi connectivity index (χ0v) is 12.6. The summed E-state index contributed by atoms with van der Waals surface area (Å²) in [5.74, 6) is 6.13. The summed E-state index contributed by atoms with van der Waals surface area (Å²) >= 11 is 1.24. The van der Waals surface area contributed by atoms with E-state index in [0.717, 1.165) is 0 Å². The van der Waals surface area contributed by atoms with Crippen molar-refractivity contribution in [3.8, 4) is 11.8 Å². The first kappa shape index (κ1) is 16.1. The van der Waals surface area contributed by atoms with Gasteiger partial charge < -0.3 is 10.5 Å². The summed E-state index contributed by atoms with van der Waals surface area (Å²) in [5, 5.41) is 0.0827. The van der Waals surface area contributed by atoms with Crippen molar-refractivity contribution in [2.45, 2.75) is 20.3 Å². The number of rotatable bonds is 3. The van der Waals surface area contributed by atoms with Crippen molar-refractivity contribution in [2.75, 3.05) is 18.6 Å². The van der Waals surface area contributed by atoms with E-state index in [1.165, 1.54) is 25.8 Å². The van der Waals surface area contributed by atoms with Crippen LogP contribution >= 0.6 is 11.8 Å². The molecule has 0 aliphatic carbocycles. The highest BCUT2D eigenvalue weighted by Crippen LogP contribution is 2.19. The zero-order valence-electron chi connectivity index (χ0n) is 11.8. The average Bonchev–Trinajstić information content (AvgIpc) is 2.40. The molecule has 20 heavy (non-hydrogen) atoms. The van der Waals surface area contributed by atoms with Crippen molar-refractivity contribution in [1.82, 2.24) is 0 Å². The number of nitrogen functional groups attached to an aromatic ring is 1. The van der Waals surface area contributed by atoms with Crippen LogP contribution in [0, 0.1) is 18.8 Å². The van der Waals surface area contributed by atoms with Crippen molar-refractivity contribution < 1.29 is 14.3 Å². The molecule has 5 heteroatoms. The van der Waals surface area contributed by atoms with Gasteiger partial charge in [0, 0.05) is 30.3 Å². The summed E-state index contributed by atoms with van der Waals surface area (Å²) in [6, 6.07) is 3.40. The smallest absolute Gasteiger partial charge is 0.338 e. The number of benzene rings is 1. The number of thioether (sulfide) groups is 1. The fourth-order valence-electron chi connectivity index (χ4n) is 1.54. The molecule has 4 nitrogen and oxygen atoms in total. The SMILES string of the molecule is COC(=O)c1cc(C#CCCSC(C)=O)cc(N)c1C. The van der Waals surface area contributed by atoms with Gasteiger partial charge in [0.05, 0.1) is 12.7 Å². The first-order valence-electron chi connectivity index (χ1n) is 6.06. The Morgan fingerprint density at radius 1 is 1.40 bits per heavy atom. The number of carbonyl (C=O) groups excluding carboxylic acids is 2. The minimum Gasteiger partial charge on any atom is -0.465 e. The lowest BCUT2D eigenvalue weighted by Gasteiger charge is -2.07. The summed E-state index contributed by atoms with van der Waals surface area (Å²) < 4.78 is 4.71. The number of esters is 1. The van der Waals surface area contributed by atoms with Crippen LogP contribution in [-0.2, 0) is 9.53 Å². The molecule has 0 aliphatic rings. The fraction of sp³-hybridized carbons (Fsp3) is 0.333. The van der Waals surface area contributed by atoms with E-state index in [0.29, 0.717) is 34.6 Å². The molecule has 0 aliphatic heterocycles. The van der Waals surface area contributed by atoms with Crippen LogP contribution in [0.2, 0.25) is 0 Å². The van der Waals surface area contributed by atoms with Gasteiger partial charge in [0.15, 0.2) is 5.12 Å². The molecule has 0 saturated heterocycles. The third-order valence-electron chi connectivity index (χ3n) is 2.62. The van der Waals surface area contributed by atoms with E-state index in [9.17, 15) is 9.59 Å². The van der Waals surface area contributed by atoms with E-state index in [4.69, 9.17) is 10.5 Å². The van der Waals surface area contributed by atoms with Gasteiger partial charge in [-0.15, -0.1) is 0 Å². The minimum absolute atomic E-state index is 0.0827. The molecule has 0 amide bonds. The molecular weight excluding hydrogens is 274 g/mol. The number of anilines is 1. The third-order valence-corrected chi connectivity index (χ3v) is 3.43. The van der Waals surface area contributed by atoms with Gasteiger partial charge >= 0.3 is 5.97 Å². The Hall–Kier alpha value is -1.93. The number of hydrogen-bond acceptors (Lipinski definition) is 5. The maximum absolute atomic E-state index is 11.6. The molecule has 0 radical (unpaired) electrons. The van der Waals surface area contributed by atoms with Crippen molar-refractivity contribution in [3.05, 3.63) is 28.8 Å². The first-order valence-corrected chi connectivity index (χ1v) is 7.05. The molecule has 0 atom stereocenters. The van der Waals surface area contributed by atoms with E-state index >= 15 is 0 Å². The van der Waals surface area contributed by atoms with Gasteiger partial charge in [-0.05, 0) is 24.6 Å². The van der Waals surface area contributed by atoms with Crippen LogP contribution < -0.4 is 5.73 Å². The van der Waals surface area contributed by atoms with Gasteiger partial charge in [0.1, 0.15) is 0 Å². The lowest BCUT2D eigenvalue weighted by Crippen LogP contribution is -2.06. The van der Waals surface area contributed by atoms with E-state index in [1.54, 1.807) is 19.1 Å². The second-order valence-corrected chi connectivity index (χ2v) is 5.39. The molecular formula is C15H17NO3S. The topological polar surface area (TPSA) is 69.4 Å². The highest BCUT2D eigenvalue weighted by Gasteiger charge is 2.12. The number of nitrogens with two attached hydrogens (primary N) is 1. The predicted octanol–water partition coefficient (Wildman–Crippen LogP) is 2.39. The fourth-order valence-corrected chi connectivity index (χ4v) is 2.03. The van der Waals surface area contributed by atoms with Crippen LogP contribution in [0.4, 0.5) is 5.69 Å². The van der Waals surface area contributed by atoms with Crippen molar-refractivity contribution >= 4 is 28.5 Å². The Bertz CT molecular complexity index is 585. The summed E-state index contributed by atoms with van der Waals surface area (Å²) in [5.41, 5.74) is 8.15. The summed E-state index contributed by atoms with van der Waals surface area (Å²) in [4.78, 5) is 22.4. The Morgan fingerprint density at radius 2 is 2.10 bits per heavy atom. The van der Waals surface area contributed by atoms with Crippen molar-refractivity contribution in [2.24, 2.45) is 0 Å². The highest BCUT2D eigenvalue weighted by molar-refractivity contribution is 8.13. The van der Waals surface area contributed by atoms with Crippen LogP contribution in [0.1, 0.15) is 34.8 Å². The predicted molar refractivity (Wildman–Crippen MR) is 81.6 cm³/mol. The Morgan fingerprint density at radius 3 is 2.70 bits per heavy atom. The highest BCUT2D eigenvalue weighted by atomic mass is 32.2. The summed E-state index contributed by atoms with van der Waals surface area (Å²) in [6.45, 7) is 3.30. The van der Waals surface area contributed by atoms with E-state index in [1.807, 2.05) is 0 Å². The molecule has 1 aromatic rings. The van der Waals surface area contributed by atoms with Crippen LogP contribution in [0.15, 0.2) is 12.1 Å². The molecule has 0 unspecified atom stereocenters. The number of ether oxygens (including phenoxy) is 1. The minimum atomic E-state index is -0.426. The average molecular weight is 291 g/mol. The lowest BCUT2D eigenvalue weighted by molar-refractivity contribution is -0.109. The number of carbonyl (C=O) groups is 2. The molecule has 2 N–H and O–H groups in total. The van der Waals surface area contributed by atoms with Crippen LogP contribution in [-0.4, -0.2) is 23.9 Å². The summed E-state index contributed by atoms with van der Waals surface area (Å²) in [6.07, 6.45) is 0.603. The molecule has 0 aromatic heterocycles. The quantitative estimate of drug-likeness (QED) is 0.401. The van der Waals surface area contributed by atoms with Gasteiger partial charge in [0.2, 0.25) is 0 Å². The maximum Gasteiger partial charge on any atom is 0.338 e. The molecule has 1 rings (SSSR count). The Kier molecular flexibility index (Phi) is 6.13. The first-order chi connectivity index (χ1) is 9.45. The molecule has 0 saturated carbocycles. The Labute approximate surface area is 123 Å². The maximum atomic E-state index is 11.6. The van der Waals surface area contributed by atoms with E-state index in [-0.39, 0.29) is 5.12 Å². The van der Waals surface area contributed by atoms with Gasteiger partial charge in [0.25, 0.3) is 0 Å². The van der Waals surface area contributed by atoms with Gasteiger partial charge in [-0.3, -0.25) is 4.79 Å². The second-order valence-electron chi connectivity index (χ2n) is 4.12. The van der Waals surface area contributed by atoms with Crippen LogP contribution in [0.5, 0.6) is 0 Å². The normalized spacial score (nSPS) is 9.55. The largest absolute Gasteiger partial charge is 0.465 e. The zero-order chi connectivity index (χ0) is 15.1. The Balaban J connectivity index is 2.86. The number of methoxy groups -OCH3 is 1. The summed E-state index contributed by atoms with van der Waals surface area (Å²) in [7, 11) is 1.33. The van der Waals surface area contributed by atoms with Crippen LogP contribution in [0.3, 0.4) is 0 Å². The van der Waals surface area contributed by atoms with Gasteiger partial charge in [-0.2, -0.15) is 0 Å². The molecule has 1 aromatic carbocycles. The molecule has 0 heterocycles. The number of hydrogen-bond donors (Lipinski definition) is 1. The van der Waals surface area contributed by atoms with Crippen molar-refractivity contribution in [3.63, 3.8) is 0 Å². The molecule has 106 valence electrons. The van der Waals surface area contributed by atoms with Crippen LogP contribution in [0.25, 0.3) is 0 Å².